The van der Waals surface area contributed by atoms with Crippen molar-refractivity contribution in [2.75, 3.05) is 6.54 Å². The van der Waals surface area contributed by atoms with Gasteiger partial charge in [0.15, 0.2) is 5.96 Å². The van der Waals surface area contributed by atoms with Crippen molar-refractivity contribution in [1.82, 2.24) is 10.5 Å². The van der Waals surface area contributed by atoms with E-state index in [0.29, 0.717) is 23.6 Å². The number of hydrogen-bond donors (Lipinski definition) is 2. The van der Waals surface area contributed by atoms with Crippen LogP contribution in [0.3, 0.4) is 0 Å². The first-order valence-corrected chi connectivity index (χ1v) is 6.68. The summed E-state index contributed by atoms with van der Waals surface area (Å²) in [6, 6.07) is 7.67. The number of carbonyl (C=O) groups is 1. The second-order valence-electron chi connectivity index (χ2n) is 4.59. The third-order valence-electron chi connectivity index (χ3n) is 3.06. The Bertz CT molecular complexity index is 689. The van der Waals surface area contributed by atoms with Crippen LogP contribution in [0.25, 0.3) is 11.3 Å². The second kappa shape index (κ2) is 6.21. The second-order valence-corrected chi connectivity index (χ2v) is 4.59. The number of amides is 1. The van der Waals surface area contributed by atoms with Crippen molar-refractivity contribution >= 4 is 11.9 Å². The van der Waals surface area contributed by atoms with Crippen molar-refractivity contribution in [2.45, 2.75) is 20.8 Å². The third-order valence-corrected chi connectivity index (χ3v) is 3.06. The van der Waals surface area contributed by atoms with Gasteiger partial charge in [-0.15, -0.1) is 0 Å². The first kappa shape index (κ1) is 14.8. The molecular formula is C15H18N4O2. The summed E-state index contributed by atoms with van der Waals surface area (Å²) in [6.07, 6.45) is 0. The van der Waals surface area contributed by atoms with Crippen molar-refractivity contribution in [1.29, 1.82) is 0 Å². The molecule has 2 aromatic rings. The summed E-state index contributed by atoms with van der Waals surface area (Å²) >= 11 is 0. The minimum Gasteiger partial charge on any atom is -0.370 e. The molecule has 0 atom stereocenters. The number of aromatic nitrogens is 1. The zero-order chi connectivity index (χ0) is 15.4. The van der Waals surface area contributed by atoms with Crippen LogP contribution < -0.4 is 11.1 Å². The molecular weight excluding hydrogens is 268 g/mol. The molecule has 1 amide bonds. The molecule has 1 heterocycles. The minimum atomic E-state index is -0.373. The summed E-state index contributed by atoms with van der Waals surface area (Å²) in [6.45, 7) is 5.98. The van der Waals surface area contributed by atoms with Gasteiger partial charge in [-0.3, -0.25) is 15.1 Å². The first-order chi connectivity index (χ1) is 10.0. The Kier molecular flexibility index (Phi) is 4.37. The van der Waals surface area contributed by atoms with E-state index in [4.69, 9.17) is 10.3 Å². The van der Waals surface area contributed by atoms with E-state index in [9.17, 15) is 4.79 Å². The first-order valence-electron chi connectivity index (χ1n) is 6.68. The van der Waals surface area contributed by atoms with Gasteiger partial charge in [0.1, 0.15) is 17.0 Å². The number of hydrogen-bond acceptors (Lipinski definition) is 4. The highest BCUT2D eigenvalue weighted by atomic mass is 16.5. The highest BCUT2D eigenvalue weighted by Crippen LogP contribution is 2.27. The normalized spacial score (nSPS) is 11.5. The Morgan fingerprint density at radius 1 is 1.38 bits per heavy atom. The molecule has 0 fully saturated rings. The Balaban J connectivity index is 2.42. The molecule has 1 aromatic heterocycles. The van der Waals surface area contributed by atoms with E-state index in [2.05, 4.69) is 15.5 Å². The monoisotopic (exact) mass is 286 g/mol. The highest BCUT2D eigenvalue weighted by molar-refractivity contribution is 6.09. The van der Waals surface area contributed by atoms with E-state index in [1.165, 1.54) is 0 Å². The maximum Gasteiger partial charge on any atom is 0.263 e. The standard InChI is InChI=1S/C15H18N4O2/c1-4-17-15(16)18-14(20)12-10(3)21-19-13(12)11-8-6-5-7-9(11)2/h5-8H,4H2,1-3H3,(H3,16,17,18,20). The molecule has 0 aliphatic carbocycles. The molecule has 3 N–H and O–H groups in total. The molecule has 0 saturated carbocycles. The Morgan fingerprint density at radius 3 is 2.76 bits per heavy atom. The van der Waals surface area contributed by atoms with Crippen LogP contribution in [0.2, 0.25) is 0 Å². The number of nitrogens with two attached hydrogens (primary N) is 1. The quantitative estimate of drug-likeness (QED) is 0.666. The SMILES string of the molecule is CCN=C(N)NC(=O)c1c(-c2ccccc2C)noc1C. The van der Waals surface area contributed by atoms with Gasteiger partial charge in [0.2, 0.25) is 0 Å². The van der Waals surface area contributed by atoms with Crippen LogP contribution in [-0.4, -0.2) is 23.6 Å². The third kappa shape index (κ3) is 3.10. The van der Waals surface area contributed by atoms with Gasteiger partial charge in [-0.05, 0) is 26.3 Å². The van der Waals surface area contributed by atoms with Gasteiger partial charge in [0.25, 0.3) is 5.91 Å². The van der Waals surface area contributed by atoms with Gasteiger partial charge >= 0.3 is 0 Å². The van der Waals surface area contributed by atoms with Crippen LogP contribution >= 0.6 is 0 Å². The summed E-state index contributed by atoms with van der Waals surface area (Å²) in [5.41, 5.74) is 8.37. The smallest absolute Gasteiger partial charge is 0.263 e. The van der Waals surface area contributed by atoms with Crippen LogP contribution in [0.5, 0.6) is 0 Å². The molecule has 110 valence electrons. The maximum atomic E-state index is 12.3. The van der Waals surface area contributed by atoms with Gasteiger partial charge in [0.05, 0.1) is 0 Å². The lowest BCUT2D eigenvalue weighted by Gasteiger charge is -2.06. The predicted octanol–water partition coefficient (Wildman–Crippen LogP) is 2.02. The van der Waals surface area contributed by atoms with E-state index in [1.807, 2.05) is 38.1 Å². The lowest BCUT2D eigenvalue weighted by molar-refractivity contribution is 0.0975. The molecule has 21 heavy (non-hydrogen) atoms. The lowest BCUT2D eigenvalue weighted by Crippen LogP contribution is -2.37. The summed E-state index contributed by atoms with van der Waals surface area (Å²) in [5, 5.41) is 6.55. The molecule has 0 unspecified atom stereocenters. The van der Waals surface area contributed by atoms with E-state index < -0.39 is 0 Å². The van der Waals surface area contributed by atoms with Crippen LogP contribution in [0.15, 0.2) is 33.8 Å². The number of benzene rings is 1. The van der Waals surface area contributed by atoms with Crippen molar-refractivity contribution in [3.05, 3.63) is 41.2 Å². The van der Waals surface area contributed by atoms with Gasteiger partial charge in [-0.25, -0.2) is 0 Å². The number of aliphatic imine (C=N–C) groups is 1. The maximum absolute atomic E-state index is 12.3. The van der Waals surface area contributed by atoms with Gasteiger partial charge < -0.3 is 10.3 Å². The molecule has 6 nitrogen and oxygen atoms in total. The van der Waals surface area contributed by atoms with E-state index in [0.717, 1.165) is 11.1 Å². The number of nitrogens with one attached hydrogen (secondary N) is 1. The number of nitrogens with zero attached hydrogens (tertiary/aromatic N) is 2. The van der Waals surface area contributed by atoms with Crippen LogP contribution in [0, 0.1) is 13.8 Å². The number of aryl methyl sites for hydroxylation is 2. The van der Waals surface area contributed by atoms with Crippen LogP contribution in [0.4, 0.5) is 0 Å². The molecule has 6 heteroatoms. The molecule has 0 aliphatic rings. The van der Waals surface area contributed by atoms with Crippen molar-refractivity contribution < 1.29 is 9.32 Å². The summed E-state index contributed by atoms with van der Waals surface area (Å²) in [5.74, 6) is 0.149. The fraction of sp³-hybridized carbons (Fsp3) is 0.267. The molecule has 0 radical (unpaired) electrons. The molecule has 0 spiro atoms. The van der Waals surface area contributed by atoms with Crippen molar-refractivity contribution in [2.24, 2.45) is 10.7 Å². The van der Waals surface area contributed by atoms with Gasteiger partial charge in [0, 0.05) is 12.1 Å². The average Bonchev–Trinajstić information content (AvgIpc) is 2.81. The fourth-order valence-electron chi connectivity index (χ4n) is 2.05. The molecule has 0 saturated heterocycles. The van der Waals surface area contributed by atoms with Gasteiger partial charge in [-0.1, -0.05) is 29.4 Å². The molecule has 0 bridgehead atoms. The molecule has 1 aromatic carbocycles. The lowest BCUT2D eigenvalue weighted by atomic mass is 10.0. The zero-order valence-electron chi connectivity index (χ0n) is 12.3. The predicted molar refractivity (Wildman–Crippen MR) is 81.0 cm³/mol. The summed E-state index contributed by atoms with van der Waals surface area (Å²) in [7, 11) is 0. The molecule has 2 rings (SSSR count). The fourth-order valence-corrected chi connectivity index (χ4v) is 2.05. The summed E-state index contributed by atoms with van der Waals surface area (Å²) < 4.78 is 5.18. The average molecular weight is 286 g/mol. The Labute approximate surface area is 123 Å². The summed E-state index contributed by atoms with van der Waals surface area (Å²) in [4.78, 5) is 16.3. The van der Waals surface area contributed by atoms with Crippen LogP contribution in [-0.2, 0) is 0 Å². The van der Waals surface area contributed by atoms with E-state index in [1.54, 1.807) is 6.92 Å². The van der Waals surface area contributed by atoms with Crippen LogP contribution in [0.1, 0.15) is 28.6 Å². The number of rotatable bonds is 3. The largest absolute Gasteiger partial charge is 0.370 e. The Hall–Kier alpha value is -2.63. The minimum absolute atomic E-state index is 0.0823. The molecule has 0 aliphatic heterocycles. The number of carbonyl (C=O) groups excluding carboxylic acids is 1. The highest BCUT2D eigenvalue weighted by Gasteiger charge is 2.22. The Morgan fingerprint density at radius 2 is 2.10 bits per heavy atom. The van der Waals surface area contributed by atoms with Crippen molar-refractivity contribution in [3.8, 4) is 11.3 Å². The van der Waals surface area contributed by atoms with E-state index in [-0.39, 0.29) is 11.9 Å². The van der Waals surface area contributed by atoms with E-state index >= 15 is 0 Å². The zero-order valence-corrected chi connectivity index (χ0v) is 12.3. The van der Waals surface area contributed by atoms with Crippen molar-refractivity contribution in [3.63, 3.8) is 0 Å². The topological polar surface area (TPSA) is 93.5 Å². The van der Waals surface area contributed by atoms with Gasteiger partial charge in [-0.2, -0.15) is 0 Å². The number of guanidine groups is 1.